The second-order valence-electron chi connectivity index (χ2n) is 6.77. The van der Waals surface area contributed by atoms with E-state index in [9.17, 15) is 4.79 Å². The van der Waals surface area contributed by atoms with Gasteiger partial charge in [-0.15, -0.1) is 0 Å². The third kappa shape index (κ3) is 5.33. The van der Waals surface area contributed by atoms with Crippen LogP contribution in [0.25, 0.3) is 11.0 Å². The molecule has 0 radical (unpaired) electrons. The number of hydrogen-bond donors (Lipinski definition) is 1. The lowest BCUT2D eigenvalue weighted by molar-refractivity contribution is -0.121. The molecule has 0 saturated carbocycles. The second-order valence-corrected chi connectivity index (χ2v) is 6.77. The summed E-state index contributed by atoms with van der Waals surface area (Å²) in [6, 6.07) is 16.1. The Bertz CT molecular complexity index is 901. The minimum absolute atomic E-state index is 0.0788. The Labute approximate surface area is 160 Å². The first-order valence-corrected chi connectivity index (χ1v) is 9.51. The number of rotatable bonds is 9. The van der Waals surface area contributed by atoms with Crippen molar-refractivity contribution in [3.05, 3.63) is 59.9 Å². The van der Waals surface area contributed by atoms with Gasteiger partial charge in [0.15, 0.2) is 0 Å². The van der Waals surface area contributed by atoms with E-state index < -0.39 is 0 Å². The molecule has 0 atom stereocenters. The van der Waals surface area contributed by atoms with Crippen LogP contribution in [0, 0.1) is 13.8 Å². The van der Waals surface area contributed by atoms with Crippen molar-refractivity contribution in [3.63, 3.8) is 0 Å². The van der Waals surface area contributed by atoms with E-state index in [-0.39, 0.29) is 5.91 Å². The first kappa shape index (κ1) is 19.0. The number of imidazole rings is 1. The van der Waals surface area contributed by atoms with Gasteiger partial charge in [-0.3, -0.25) is 4.79 Å². The average molecular weight is 365 g/mol. The SMILES string of the molecule is Cc1cccc(OCCCC(=O)NCCCn2c(C)nc3ccccc32)c1. The van der Waals surface area contributed by atoms with Crippen LogP contribution in [-0.4, -0.2) is 28.6 Å². The molecule has 0 aliphatic rings. The minimum Gasteiger partial charge on any atom is -0.494 e. The minimum atomic E-state index is 0.0788. The molecule has 3 aromatic rings. The Morgan fingerprint density at radius 3 is 2.81 bits per heavy atom. The lowest BCUT2D eigenvalue weighted by atomic mass is 10.2. The molecule has 0 saturated heterocycles. The molecule has 1 N–H and O–H groups in total. The molecule has 3 rings (SSSR count). The molecular weight excluding hydrogens is 338 g/mol. The number of aromatic nitrogens is 2. The Hall–Kier alpha value is -2.82. The molecule has 2 aromatic carbocycles. The Morgan fingerprint density at radius 1 is 1.11 bits per heavy atom. The fraction of sp³-hybridized carbons (Fsp3) is 0.364. The summed E-state index contributed by atoms with van der Waals surface area (Å²) in [5.41, 5.74) is 3.34. The normalized spacial score (nSPS) is 10.9. The summed E-state index contributed by atoms with van der Waals surface area (Å²) in [6.07, 6.45) is 2.08. The number of amides is 1. The number of hydrogen-bond acceptors (Lipinski definition) is 3. The van der Waals surface area contributed by atoms with Gasteiger partial charge in [-0.2, -0.15) is 0 Å². The summed E-state index contributed by atoms with van der Waals surface area (Å²) in [5.74, 6) is 1.95. The molecule has 5 nitrogen and oxygen atoms in total. The van der Waals surface area contributed by atoms with Crippen molar-refractivity contribution in [1.29, 1.82) is 0 Å². The zero-order chi connectivity index (χ0) is 19.1. The van der Waals surface area contributed by atoms with Gasteiger partial charge < -0.3 is 14.6 Å². The van der Waals surface area contributed by atoms with Crippen molar-refractivity contribution in [2.75, 3.05) is 13.2 Å². The number of nitrogens with one attached hydrogen (secondary N) is 1. The van der Waals surface area contributed by atoms with Crippen molar-refractivity contribution < 1.29 is 9.53 Å². The van der Waals surface area contributed by atoms with Crippen molar-refractivity contribution in [2.45, 2.75) is 39.7 Å². The Balaban J connectivity index is 1.33. The van der Waals surface area contributed by atoms with Crippen LogP contribution in [0.5, 0.6) is 5.75 Å². The van der Waals surface area contributed by atoms with Gasteiger partial charge in [0.1, 0.15) is 11.6 Å². The first-order valence-electron chi connectivity index (χ1n) is 9.51. The summed E-state index contributed by atoms with van der Waals surface area (Å²) in [5, 5.41) is 2.99. The fourth-order valence-corrected chi connectivity index (χ4v) is 3.16. The highest BCUT2D eigenvalue weighted by molar-refractivity contribution is 5.76. The molecule has 0 aliphatic carbocycles. The van der Waals surface area contributed by atoms with E-state index in [0.29, 0.717) is 26.0 Å². The van der Waals surface area contributed by atoms with Crippen LogP contribution >= 0.6 is 0 Å². The van der Waals surface area contributed by atoms with Crippen molar-refractivity contribution >= 4 is 16.9 Å². The van der Waals surface area contributed by atoms with Crippen molar-refractivity contribution in [3.8, 4) is 5.75 Å². The zero-order valence-electron chi connectivity index (χ0n) is 16.1. The smallest absolute Gasteiger partial charge is 0.220 e. The van der Waals surface area contributed by atoms with Crippen molar-refractivity contribution in [1.82, 2.24) is 14.9 Å². The summed E-state index contributed by atoms with van der Waals surface area (Å²) < 4.78 is 7.88. The third-order valence-corrected chi connectivity index (χ3v) is 4.53. The van der Waals surface area contributed by atoms with E-state index in [4.69, 9.17) is 4.74 Å². The molecule has 0 bridgehead atoms. The van der Waals surface area contributed by atoms with Gasteiger partial charge in [-0.25, -0.2) is 4.98 Å². The van der Waals surface area contributed by atoms with Crippen LogP contribution < -0.4 is 10.1 Å². The lowest BCUT2D eigenvalue weighted by Crippen LogP contribution is -2.25. The van der Waals surface area contributed by atoms with Crippen LogP contribution in [0.1, 0.15) is 30.7 Å². The van der Waals surface area contributed by atoms with Crippen LogP contribution in [0.3, 0.4) is 0 Å². The standard InChI is InChI=1S/C22H27N3O2/c1-17-8-5-9-19(16-17)27-15-6-12-22(26)23-13-7-14-25-18(2)24-20-10-3-4-11-21(20)25/h3-5,8-11,16H,6-7,12-15H2,1-2H3,(H,23,26). The van der Waals surface area contributed by atoms with E-state index in [2.05, 4.69) is 20.9 Å². The predicted molar refractivity (Wildman–Crippen MR) is 108 cm³/mol. The van der Waals surface area contributed by atoms with E-state index >= 15 is 0 Å². The molecule has 1 amide bonds. The number of aryl methyl sites for hydroxylation is 3. The molecule has 142 valence electrons. The Kier molecular flexibility index (Phi) is 6.47. The second kappa shape index (κ2) is 9.21. The zero-order valence-corrected chi connectivity index (χ0v) is 16.1. The maximum absolute atomic E-state index is 12.0. The van der Waals surface area contributed by atoms with E-state index in [1.807, 2.05) is 56.3 Å². The molecule has 1 aromatic heterocycles. The highest BCUT2D eigenvalue weighted by Crippen LogP contribution is 2.15. The number of carbonyl (C=O) groups excluding carboxylic acids is 1. The third-order valence-electron chi connectivity index (χ3n) is 4.53. The fourth-order valence-electron chi connectivity index (χ4n) is 3.16. The van der Waals surface area contributed by atoms with Gasteiger partial charge in [0.05, 0.1) is 17.6 Å². The molecule has 0 spiro atoms. The maximum Gasteiger partial charge on any atom is 0.220 e. The van der Waals surface area contributed by atoms with Crippen molar-refractivity contribution in [2.24, 2.45) is 0 Å². The van der Waals surface area contributed by atoms with Gasteiger partial charge in [0, 0.05) is 19.5 Å². The monoisotopic (exact) mass is 365 g/mol. The molecule has 0 fully saturated rings. The number of nitrogens with zero attached hydrogens (tertiary/aromatic N) is 2. The van der Waals surface area contributed by atoms with Gasteiger partial charge in [0.2, 0.25) is 5.91 Å². The molecule has 5 heteroatoms. The number of carbonyl (C=O) groups is 1. The Morgan fingerprint density at radius 2 is 1.96 bits per heavy atom. The van der Waals surface area contributed by atoms with Crippen LogP contribution in [0.4, 0.5) is 0 Å². The number of para-hydroxylation sites is 2. The van der Waals surface area contributed by atoms with Gasteiger partial charge in [-0.1, -0.05) is 24.3 Å². The molecule has 0 aliphatic heterocycles. The summed E-state index contributed by atoms with van der Waals surface area (Å²) in [6.45, 7) is 6.13. The van der Waals surface area contributed by atoms with Gasteiger partial charge >= 0.3 is 0 Å². The van der Waals surface area contributed by atoms with Gasteiger partial charge in [-0.05, 0) is 56.5 Å². The predicted octanol–water partition coefficient (Wildman–Crippen LogP) is 4.02. The van der Waals surface area contributed by atoms with Crippen LogP contribution in [0.2, 0.25) is 0 Å². The molecule has 1 heterocycles. The van der Waals surface area contributed by atoms with E-state index in [1.165, 1.54) is 5.56 Å². The molecule has 0 unspecified atom stereocenters. The number of benzene rings is 2. The number of fused-ring (bicyclic) bond motifs is 1. The van der Waals surface area contributed by atoms with Crippen LogP contribution in [0.15, 0.2) is 48.5 Å². The first-order chi connectivity index (χ1) is 13.1. The van der Waals surface area contributed by atoms with E-state index in [1.54, 1.807) is 0 Å². The average Bonchev–Trinajstić information content (AvgIpc) is 2.98. The topological polar surface area (TPSA) is 56.1 Å². The summed E-state index contributed by atoms with van der Waals surface area (Å²) in [4.78, 5) is 16.5. The highest BCUT2D eigenvalue weighted by atomic mass is 16.5. The quantitative estimate of drug-likeness (QED) is 0.583. The summed E-state index contributed by atoms with van der Waals surface area (Å²) in [7, 11) is 0. The largest absolute Gasteiger partial charge is 0.494 e. The maximum atomic E-state index is 12.0. The lowest BCUT2D eigenvalue weighted by Gasteiger charge is -2.09. The van der Waals surface area contributed by atoms with Crippen LogP contribution in [-0.2, 0) is 11.3 Å². The number of ether oxygens (including phenoxy) is 1. The molecule has 27 heavy (non-hydrogen) atoms. The molecular formula is C22H27N3O2. The van der Waals surface area contributed by atoms with E-state index in [0.717, 1.165) is 35.6 Å². The van der Waals surface area contributed by atoms with Gasteiger partial charge in [0.25, 0.3) is 0 Å². The summed E-state index contributed by atoms with van der Waals surface area (Å²) >= 11 is 0. The highest BCUT2D eigenvalue weighted by Gasteiger charge is 2.06.